The molecule has 0 saturated carbocycles. The molecule has 2 rings (SSSR count). The first-order chi connectivity index (χ1) is 12.5. The number of hydrogen-bond donors (Lipinski definition) is 1. The highest BCUT2D eigenvalue weighted by atomic mass is 16.5. The molecule has 0 atom stereocenters. The number of carbonyl (C=O) groups is 2. The van der Waals surface area contributed by atoms with Gasteiger partial charge in [0.05, 0.1) is 7.11 Å². The molecule has 0 saturated heterocycles. The minimum absolute atomic E-state index is 0.335. The number of benzene rings is 2. The molecule has 1 N–H and O–H groups in total. The number of methoxy groups -OCH3 is 1. The minimum atomic E-state index is -0.580. The molecular formula is C21H23NO4. The summed E-state index contributed by atoms with van der Waals surface area (Å²) < 4.78 is 10.1. The third kappa shape index (κ3) is 5.48. The fourth-order valence-corrected chi connectivity index (χ4v) is 2.47. The van der Waals surface area contributed by atoms with E-state index in [0.717, 1.165) is 28.8 Å². The van der Waals surface area contributed by atoms with Crippen LogP contribution in [0, 0.1) is 6.92 Å². The van der Waals surface area contributed by atoms with Crippen LogP contribution in [0.3, 0.4) is 0 Å². The zero-order valence-electron chi connectivity index (χ0n) is 15.2. The summed E-state index contributed by atoms with van der Waals surface area (Å²) >= 11 is 0. The van der Waals surface area contributed by atoms with Crippen LogP contribution in [0.15, 0.2) is 48.5 Å². The van der Waals surface area contributed by atoms with Crippen molar-refractivity contribution in [2.24, 2.45) is 0 Å². The summed E-state index contributed by atoms with van der Waals surface area (Å²) in [7, 11) is 1.58. The molecule has 0 fully saturated rings. The molecule has 0 aliphatic carbocycles. The van der Waals surface area contributed by atoms with Crippen molar-refractivity contribution in [2.45, 2.75) is 20.3 Å². The van der Waals surface area contributed by atoms with Crippen LogP contribution in [0.2, 0.25) is 0 Å². The zero-order chi connectivity index (χ0) is 18.9. The van der Waals surface area contributed by atoms with Gasteiger partial charge in [0, 0.05) is 11.8 Å². The standard InChI is InChI=1S/C21H23NO4/c1-4-17-9-5-7-15(2)21(17)22-19(23)14-26-20(24)12-11-16-8-6-10-18(13-16)25-3/h5-13H,4,14H2,1-3H3,(H,22,23)/b12-11+. The second kappa shape index (κ2) is 9.42. The van der Waals surface area contributed by atoms with Gasteiger partial charge in [0.15, 0.2) is 6.61 Å². The van der Waals surface area contributed by atoms with Gasteiger partial charge in [0.25, 0.3) is 5.91 Å². The van der Waals surface area contributed by atoms with Crippen molar-refractivity contribution in [3.63, 3.8) is 0 Å². The van der Waals surface area contributed by atoms with E-state index in [2.05, 4.69) is 5.32 Å². The number of aryl methyl sites for hydroxylation is 2. The molecule has 0 spiro atoms. The fraction of sp³-hybridized carbons (Fsp3) is 0.238. The Morgan fingerprint density at radius 3 is 2.65 bits per heavy atom. The smallest absolute Gasteiger partial charge is 0.331 e. The molecule has 0 aliphatic rings. The topological polar surface area (TPSA) is 64.6 Å². The van der Waals surface area contributed by atoms with E-state index < -0.39 is 5.97 Å². The molecule has 0 unspecified atom stereocenters. The summed E-state index contributed by atoms with van der Waals surface area (Å²) in [5.41, 5.74) is 3.60. The first-order valence-electron chi connectivity index (χ1n) is 8.40. The summed E-state index contributed by atoms with van der Waals surface area (Å²) in [4.78, 5) is 23.9. The van der Waals surface area contributed by atoms with Crippen LogP contribution in [0.25, 0.3) is 6.08 Å². The molecule has 1 amide bonds. The van der Waals surface area contributed by atoms with Gasteiger partial charge in [0.2, 0.25) is 0 Å². The van der Waals surface area contributed by atoms with Crippen molar-refractivity contribution in [1.82, 2.24) is 0 Å². The number of rotatable bonds is 7. The van der Waals surface area contributed by atoms with Crippen molar-refractivity contribution in [3.05, 3.63) is 65.2 Å². The molecule has 0 aliphatic heterocycles. The average Bonchev–Trinajstić information content (AvgIpc) is 2.66. The molecule has 5 heteroatoms. The van der Waals surface area contributed by atoms with Gasteiger partial charge in [0.1, 0.15) is 5.75 Å². The van der Waals surface area contributed by atoms with Crippen LogP contribution in [0.5, 0.6) is 5.75 Å². The summed E-state index contributed by atoms with van der Waals surface area (Å²) in [5.74, 6) is -0.245. The van der Waals surface area contributed by atoms with Gasteiger partial charge < -0.3 is 14.8 Å². The number of nitrogens with one attached hydrogen (secondary N) is 1. The number of esters is 1. The Kier molecular flexibility index (Phi) is 6.97. The Labute approximate surface area is 153 Å². The highest BCUT2D eigenvalue weighted by Gasteiger charge is 2.10. The van der Waals surface area contributed by atoms with E-state index in [-0.39, 0.29) is 12.5 Å². The normalized spacial score (nSPS) is 10.6. The Morgan fingerprint density at radius 1 is 1.15 bits per heavy atom. The number of hydrogen-bond acceptors (Lipinski definition) is 4. The number of ether oxygens (including phenoxy) is 2. The van der Waals surface area contributed by atoms with Gasteiger partial charge in [-0.15, -0.1) is 0 Å². The average molecular weight is 353 g/mol. The van der Waals surface area contributed by atoms with E-state index in [1.165, 1.54) is 6.08 Å². The Morgan fingerprint density at radius 2 is 1.92 bits per heavy atom. The predicted octanol–water partition coefficient (Wildman–Crippen LogP) is 3.76. The maximum atomic E-state index is 12.1. The largest absolute Gasteiger partial charge is 0.497 e. The lowest BCUT2D eigenvalue weighted by molar-refractivity contribution is -0.142. The van der Waals surface area contributed by atoms with Gasteiger partial charge in [-0.2, -0.15) is 0 Å². The number of carbonyl (C=O) groups excluding carboxylic acids is 2. The van der Waals surface area contributed by atoms with Crippen molar-refractivity contribution in [1.29, 1.82) is 0 Å². The second-order valence-electron chi connectivity index (χ2n) is 5.73. The van der Waals surface area contributed by atoms with Crippen LogP contribution < -0.4 is 10.1 Å². The molecule has 0 bridgehead atoms. The van der Waals surface area contributed by atoms with Crippen LogP contribution in [0.1, 0.15) is 23.6 Å². The summed E-state index contributed by atoms with van der Waals surface area (Å²) in [5, 5.41) is 2.82. The van der Waals surface area contributed by atoms with Crippen molar-refractivity contribution < 1.29 is 19.1 Å². The van der Waals surface area contributed by atoms with E-state index in [0.29, 0.717) is 5.75 Å². The fourth-order valence-electron chi connectivity index (χ4n) is 2.47. The van der Waals surface area contributed by atoms with Crippen LogP contribution >= 0.6 is 0 Å². The van der Waals surface area contributed by atoms with Crippen molar-refractivity contribution >= 4 is 23.6 Å². The maximum Gasteiger partial charge on any atom is 0.331 e. The van der Waals surface area contributed by atoms with E-state index in [1.807, 2.05) is 50.2 Å². The Hall–Kier alpha value is -3.08. The lowest BCUT2D eigenvalue weighted by atomic mass is 10.1. The lowest BCUT2D eigenvalue weighted by Gasteiger charge is -2.12. The second-order valence-corrected chi connectivity index (χ2v) is 5.73. The van der Waals surface area contributed by atoms with Gasteiger partial charge >= 0.3 is 5.97 Å². The number of anilines is 1. The molecule has 136 valence electrons. The molecule has 26 heavy (non-hydrogen) atoms. The van der Waals surface area contributed by atoms with Crippen molar-refractivity contribution in [3.8, 4) is 5.75 Å². The van der Waals surface area contributed by atoms with Crippen molar-refractivity contribution in [2.75, 3.05) is 19.0 Å². The molecule has 0 radical (unpaired) electrons. The SMILES string of the molecule is CCc1cccc(C)c1NC(=O)COC(=O)/C=C/c1cccc(OC)c1. The lowest BCUT2D eigenvalue weighted by Crippen LogP contribution is -2.21. The van der Waals surface area contributed by atoms with E-state index in [1.54, 1.807) is 19.3 Å². The highest BCUT2D eigenvalue weighted by molar-refractivity contribution is 5.95. The zero-order valence-corrected chi connectivity index (χ0v) is 15.2. The molecule has 5 nitrogen and oxygen atoms in total. The third-order valence-electron chi connectivity index (χ3n) is 3.86. The quantitative estimate of drug-likeness (QED) is 0.608. The summed E-state index contributed by atoms with van der Waals surface area (Å²) in [6.45, 7) is 3.62. The number of amides is 1. The van der Waals surface area contributed by atoms with Gasteiger partial charge in [-0.3, -0.25) is 4.79 Å². The molecular weight excluding hydrogens is 330 g/mol. The monoisotopic (exact) mass is 353 g/mol. The van der Waals surface area contributed by atoms with Crippen LogP contribution in [-0.2, 0) is 20.7 Å². The van der Waals surface area contributed by atoms with Gasteiger partial charge in [-0.05, 0) is 48.2 Å². The Balaban J connectivity index is 1.89. The highest BCUT2D eigenvalue weighted by Crippen LogP contribution is 2.21. The third-order valence-corrected chi connectivity index (χ3v) is 3.86. The first-order valence-corrected chi connectivity index (χ1v) is 8.40. The summed E-state index contributed by atoms with van der Waals surface area (Å²) in [6, 6.07) is 13.1. The van der Waals surface area contributed by atoms with E-state index in [9.17, 15) is 9.59 Å². The van der Waals surface area contributed by atoms with E-state index >= 15 is 0 Å². The Bertz CT molecular complexity index is 811. The molecule has 0 aromatic heterocycles. The maximum absolute atomic E-state index is 12.1. The van der Waals surface area contributed by atoms with Crippen LogP contribution in [-0.4, -0.2) is 25.6 Å². The molecule has 2 aromatic carbocycles. The first kappa shape index (κ1) is 19.2. The predicted molar refractivity (Wildman–Crippen MR) is 102 cm³/mol. The molecule has 0 heterocycles. The molecule has 2 aromatic rings. The minimum Gasteiger partial charge on any atom is -0.497 e. The van der Waals surface area contributed by atoms with Gasteiger partial charge in [-0.25, -0.2) is 4.79 Å². The number of para-hydroxylation sites is 1. The summed E-state index contributed by atoms with van der Waals surface area (Å²) in [6.07, 6.45) is 3.70. The van der Waals surface area contributed by atoms with Crippen LogP contribution in [0.4, 0.5) is 5.69 Å². The van der Waals surface area contributed by atoms with Gasteiger partial charge in [-0.1, -0.05) is 37.3 Å². The van der Waals surface area contributed by atoms with E-state index in [4.69, 9.17) is 9.47 Å².